The number of pyridine rings is 1. The van der Waals surface area contributed by atoms with Crippen molar-refractivity contribution in [3.8, 4) is 0 Å². The lowest BCUT2D eigenvalue weighted by molar-refractivity contribution is 0.0921. The van der Waals surface area contributed by atoms with Gasteiger partial charge >= 0.3 is 0 Å². The van der Waals surface area contributed by atoms with E-state index < -0.39 is 0 Å². The van der Waals surface area contributed by atoms with Crippen LogP contribution in [0.15, 0.2) is 18.3 Å². The number of carbonyl (C=O) groups is 1. The average molecular weight is 254 g/mol. The van der Waals surface area contributed by atoms with Gasteiger partial charge in [-0.2, -0.15) is 0 Å². The van der Waals surface area contributed by atoms with Crippen LogP contribution in [-0.2, 0) is 0 Å². The molecular formula is C12H16ClN3O. The highest BCUT2D eigenvalue weighted by molar-refractivity contribution is 6.32. The molecule has 4 nitrogen and oxygen atoms in total. The summed E-state index contributed by atoms with van der Waals surface area (Å²) in [6.07, 6.45) is 5.71. The minimum Gasteiger partial charge on any atom is -0.348 e. The maximum absolute atomic E-state index is 12.0. The van der Waals surface area contributed by atoms with Crippen LogP contribution in [-0.4, -0.2) is 23.0 Å². The molecule has 1 fully saturated rings. The zero-order valence-corrected chi connectivity index (χ0v) is 10.3. The quantitative estimate of drug-likeness (QED) is 0.789. The van der Waals surface area contributed by atoms with E-state index in [9.17, 15) is 4.79 Å². The molecule has 0 unspecified atom stereocenters. The fourth-order valence-corrected chi connectivity index (χ4v) is 2.35. The number of halogens is 1. The highest BCUT2D eigenvalue weighted by Crippen LogP contribution is 2.18. The topological polar surface area (TPSA) is 68.0 Å². The van der Waals surface area contributed by atoms with Crippen LogP contribution < -0.4 is 11.1 Å². The number of hydrogen-bond donors (Lipinski definition) is 2. The normalized spacial score (nSPS) is 24.4. The molecule has 3 N–H and O–H groups in total. The van der Waals surface area contributed by atoms with E-state index in [4.69, 9.17) is 17.3 Å². The van der Waals surface area contributed by atoms with Crippen LogP contribution in [0, 0.1) is 0 Å². The van der Waals surface area contributed by atoms with Gasteiger partial charge in [0, 0.05) is 18.3 Å². The number of rotatable bonds is 2. The first-order valence-electron chi connectivity index (χ1n) is 5.85. The van der Waals surface area contributed by atoms with Crippen molar-refractivity contribution in [3.63, 3.8) is 0 Å². The van der Waals surface area contributed by atoms with Gasteiger partial charge in [-0.15, -0.1) is 0 Å². The summed E-state index contributed by atoms with van der Waals surface area (Å²) in [6.45, 7) is 0. The maximum atomic E-state index is 12.0. The highest BCUT2D eigenvalue weighted by Gasteiger charge is 2.24. The first-order valence-corrected chi connectivity index (χ1v) is 6.23. The Hall–Kier alpha value is -1.13. The Morgan fingerprint density at radius 3 is 2.94 bits per heavy atom. The zero-order chi connectivity index (χ0) is 12.3. The molecule has 2 rings (SSSR count). The predicted octanol–water partition coefficient (Wildman–Crippen LogP) is 1.73. The third kappa shape index (κ3) is 2.96. The third-order valence-corrected chi connectivity index (χ3v) is 3.44. The van der Waals surface area contributed by atoms with Crippen molar-refractivity contribution in [1.29, 1.82) is 0 Å². The van der Waals surface area contributed by atoms with E-state index in [0.29, 0.717) is 5.56 Å². The van der Waals surface area contributed by atoms with E-state index in [1.165, 1.54) is 0 Å². The summed E-state index contributed by atoms with van der Waals surface area (Å²) in [4.78, 5) is 15.9. The first kappa shape index (κ1) is 12.3. The Morgan fingerprint density at radius 2 is 2.24 bits per heavy atom. The molecule has 1 saturated carbocycles. The zero-order valence-electron chi connectivity index (χ0n) is 9.53. The second-order valence-corrected chi connectivity index (χ2v) is 4.73. The van der Waals surface area contributed by atoms with Gasteiger partial charge < -0.3 is 11.1 Å². The lowest BCUT2D eigenvalue weighted by Crippen LogP contribution is -2.49. The first-order chi connectivity index (χ1) is 8.18. The van der Waals surface area contributed by atoms with Gasteiger partial charge in [0.1, 0.15) is 5.15 Å². The molecule has 1 aromatic heterocycles. The van der Waals surface area contributed by atoms with Crippen LogP contribution in [0.3, 0.4) is 0 Å². The van der Waals surface area contributed by atoms with Gasteiger partial charge in [0.15, 0.2) is 0 Å². The predicted molar refractivity (Wildman–Crippen MR) is 66.9 cm³/mol. The van der Waals surface area contributed by atoms with Gasteiger partial charge in [-0.1, -0.05) is 24.4 Å². The van der Waals surface area contributed by atoms with Crippen molar-refractivity contribution < 1.29 is 4.79 Å². The van der Waals surface area contributed by atoms with Crippen LogP contribution in [0.5, 0.6) is 0 Å². The molecule has 17 heavy (non-hydrogen) atoms. The minimum atomic E-state index is -0.189. The Kier molecular flexibility index (Phi) is 3.97. The van der Waals surface area contributed by atoms with Gasteiger partial charge in [0.25, 0.3) is 5.91 Å². The summed E-state index contributed by atoms with van der Waals surface area (Å²) in [6, 6.07) is 3.45. The number of hydrogen-bond acceptors (Lipinski definition) is 3. The summed E-state index contributed by atoms with van der Waals surface area (Å²) in [5.41, 5.74) is 6.39. The highest BCUT2D eigenvalue weighted by atomic mass is 35.5. The van der Waals surface area contributed by atoms with Crippen molar-refractivity contribution in [2.75, 3.05) is 0 Å². The molecule has 0 saturated heterocycles. The molecule has 1 amide bonds. The van der Waals surface area contributed by atoms with Gasteiger partial charge in [0.05, 0.1) is 5.56 Å². The van der Waals surface area contributed by atoms with Gasteiger partial charge in [-0.05, 0) is 25.0 Å². The third-order valence-electron chi connectivity index (χ3n) is 3.14. The van der Waals surface area contributed by atoms with Crippen LogP contribution in [0.4, 0.5) is 0 Å². The number of nitrogens with one attached hydrogen (secondary N) is 1. The van der Waals surface area contributed by atoms with Crippen molar-refractivity contribution >= 4 is 17.5 Å². The molecule has 0 aliphatic heterocycles. The van der Waals surface area contributed by atoms with E-state index in [1.807, 2.05) is 0 Å². The standard InChI is InChI=1S/C12H16ClN3O/c13-11-8(4-3-7-15-11)12(17)16-10-6-2-1-5-9(10)14/h3-4,7,9-10H,1-2,5-6,14H2,(H,16,17)/t9-,10-/m1/s1. The molecule has 2 atom stereocenters. The summed E-state index contributed by atoms with van der Waals surface area (Å²) >= 11 is 5.87. The number of amides is 1. The van der Waals surface area contributed by atoms with Gasteiger partial charge in [-0.3, -0.25) is 4.79 Å². The summed E-state index contributed by atoms with van der Waals surface area (Å²) < 4.78 is 0. The molecule has 1 aliphatic rings. The van der Waals surface area contributed by atoms with Crippen molar-refractivity contribution in [2.45, 2.75) is 37.8 Å². The number of nitrogens with two attached hydrogens (primary N) is 1. The van der Waals surface area contributed by atoms with Gasteiger partial charge in [-0.25, -0.2) is 4.98 Å². The Morgan fingerprint density at radius 1 is 1.47 bits per heavy atom. The largest absolute Gasteiger partial charge is 0.348 e. The smallest absolute Gasteiger partial charge is 0.254 e. The van der Waals surface area contributed by atoms with Crippen LogP contribution in [0.1, 0.15) is 36.0 Å². The fourth-order valence-electron chi connectivity index (χ4n) is 2.14. The second kappa shape index (κ2) is 5.47. The molecule has 5 heteroatoms. The van der Waals surface area contributed by atoms with Crippen LogP contribution >= 0.6 is 11.6 Å². The number of aromatic nitrogens is 1. The second-order valence-electron chi connectivity index (χ2n) is 4.37. The SMILES string of the molecule is N[C@@H]1CCCC[C@H]1NC(=O)c1cccnc1Cl. The van der Waals surface area contributed by atoms with Gasteiger partial charge in [0.2, 0.25) is 0 Å². The average Bonchev–Trinajstić information content (AvgIpc) is 2.32. The lowest BCUT2D eigenvalue weighted by atomic mass is 9.91. The van der Waals surface area contributed by atoms with E-state index in [1.54, 1.807) is 18.3 Å². The van der Waals surface area contributed by atoms with E-state index in [2.05, 4.69) is 10.3 Å². The minimum absolute atomic E-state index is 0.0446. The lowest BCUT2D eigenvalue weighted by Gasteiger charge is -2.29. The van der Waals surface area contributed by atoms with Crippen LogP contribution in [0.2, 0.25) is 5.15 Å². The molecular weight excluding hydrogens is 238 g/mol. The monoisotopic (exact) mass is 253 g/mol. The molecule has 0 aromatic carbocycles. The molecule has 1 aliphatic carbocycles. The molecule has 1 aromatic rings. The van der Waals surface area contributed by atoms with E-state index in [0.717, 1.165) is 25.7 Å². The Bertz CT molecular complexity index is 410. The molecule has 0 radical (unpaired) electrons. The number of nitrogens with zero attached hydrogens (tertiary/aromatic N) is 1. The van der Waals surface area contributed by atoms with Crippen molar-refractivity contribution in [2.24, 2.45) is 5.73 Å². The fraction of sp³-hybridized carbons (Fsp3) is 0.500. The van der Waals surface area contributed by atoms with E-state index >= 15 is 0 Å². The van der Waals surface area contributed by atoms with Crippen molar-refractivity contribution in [3.05, 3.63) is 29.0 Å². The molecule has 1 heterocycles. The summed E-state index contributed by atoms with van der Waals surface area (Å²) in [5, 5.41) is 3.17. The molecule has 92 valence electrons. The maximum Gasteiger partial charge on any atom is 0.254 e. The molecule has 0 spiro atoms. The summed E-state index contributed by atoms with van der Waals surface area (Å²) in [7, 11) is 0. The van der Waals surface area contributed by atoms with Crippen molar-refractivity contribution in [1.82, 2.24) is 10.3 Å². The molecule has 0 bridgehead atoms. The Labute approximate surface area is 106 Å². The van der Waals surface area contributed by atoms with E-state index in [-0.39, 0.29) is 23.1 Å². The van der Waals surface area contributed by atoms with Crippen LogP contribution in [0.25, 0.3) is 0 Å². The number of carbonyl (C=O) groups excluding carboxylic acids is 1. The summed E-state index contributed by atoms with van der Waals surface area (Å²) in [5.74, 6) is -0.189. The Balaban J connectivity index is 2.04.